The van der Waals surface area contributed by atoms with Crippen LogP contribution in [0.15, 0.2) is 48.5 Å². The highest BCUT2D eigenvalue weighted by Crippen LogP contribution is 2.48. The molecule has 0 spiro atoms. The van der Waals surface area contributed by atoms with Crippen LogP contribution in [0.4, 0.5) is 48.3 Å². The van der Waals surface area contributed by atoms with Gasteiger partial charge in [-0.25, -0.2) is 22.3 Å². The van der Waals surface area contributed by atoms with E-state index in [1.54, 1.807) is 0 Å². The largest absolute Gasteiger partial charge is 0.527 e. The van der Waals surface area contributed by atoms with Gasteiger partial charge in [-0.3, -0.25) is 4.74 Å². The van der Waals surface area contributed by atoms with Crippen LogP contribution in [-0.4, -0.2) is 32.0 Å². The maximum atomic E-state index is 15.0. The minimum absolute atomic E-state index is 0.0211. The van der Waals surface area contributed by atoms with Crippen molar-refractivity contribution in [1.82, 2.24) is 0 Å². The van der Waals surface area contributed by atoms with E-state index in [0.29, 0.717) is 6.61 Å². The summed E-state index contributed by atoms with van der Waals surface area (Å²) in [4.78, 5) is 0. The van der Waals surface area contributed by atoms with E-state index in [4.69, 9.17) is 18.9 Å². The predicted molar refractivity (Wildman–Crippen MR) is 132 cm³/mol. The summed E-state index contributed by atoms with van der Waals surface area (Å²) in [7, 11) is 0. The zero-order valence-corrected chi connectivity index (χ0v) is 23.3. The molecular formula is C29H21F11O6. The molecule has 2 aliphatic rings. The van der Waals surface area contributed by atoms with Crippen LogP contribution in [0.25, 0.3) is 11.1 Å². The van der Waals surface area contributed by atoms with E-state index in [1.165, 1.54) is 12.1 Å². The average Bonchev–Trinajstić information content (AvgIpc) is 3.49. The highest BCUT2D eigenvalue weighted by Gasteiger charge is 2.61. The molecule has 0 N–H and O–H groups in total. The van der Waals surface area contributed by atoms with E-state index in [9.17, 15) is 48.3 Å². The van der Waals surface area contributed by atoms with E-state index in [1.807, 2.05) is 6.92 Å². The second-order valence-corrected chi connectivity index (χ2v) is 10.2. The fourth-order valence-electron chi connectivity index (χ4n) is 4.75. The maximum Gasteiger partial charge on any atom is 0.527 e. The molecule has 46 heavy (non-hydrogen) atoms. The van der Waals surface area contributed by atoms with Crippen molar-refractivity contribution in [2.45, 2.75) is 50.1 Å². The number of fused-ring (bicyclic) bond motifs is 2. The third-order valence-electron chi connectivity index (χ3n) is 6.85. The van der Waals surface area contributed by atoms with Gasteiger partial charge in [0.1, 0.15) is 47.8 Å². The first kappa shape index (κ1) is 33.8. The fraction of sp³-hybridized carbons (Fsp3) is 0.379. The Morgan fingerprint density at radius 1 is 0.761 bits per heavy atom. The topological polar surface area (TPSA) is 55.4 Å². The van der Waals surface area contributed by atoms with Crippen LogP contribution in [0.1, 0.15) is 36.5 Å². The van der Waals surface area contributed by atoms with Gasteiger partial charge in [-0.15, -0.1) is 13.2 Å². The summed E-state index contributed by atoms with van der Waals surface area (Å²) < 4.78 is 182. The number of unbranched alkanes of at least 4 members (excludes halogenated alkanes) is 1. The Hall–Kier alpha value is -3.51. The van der Waals surface area contributed by atoms with Crippen LogP contribution in [-0.2, 0) is 41.9 Å². The van der Waals surface area contributed by atoms with Crippen molar-refractivity contribution in [1.29, 1.82) is 0 Å². The summed E-state index contributed by atoms with van der Waals surface area (Å²) in [5, 5.41) is 0. The third kappa shape index (κ3) is 6.64. The zero-order chi connectivity index (χ0) is 33.7. The lowest BCUT2D eigenvalue weighted by Gasteiger charge is -2.25. The summed E-state index contributed by atoms with van der Waals surface area (Å²) in [6.07, 6.45) is -14.1. The second kappa shape index (κ2) is 11.9. The van der Waals surface area contributed by atoms with Crippen molar-refractivity contribution in [3.05, 3.63) is 88.5 Å². The first-order chi connectivity index (χ1) is 21.4. The lowest BCUT2D eigenvalue weighted by Crippen LogP contribution is -2.38. The van der Waals surface area contributed by atoms with Gasteiger partial charge < -0.3 is 18.9 Å². The Morgan fingerprint density at radius 3 is 1.85 bits per heavy atom. The molecule has 2 heterocycles. The molecular weight excluding hydrogens is 653 g/mol. The highest BCUT2D eigenvalue weighted by molar-refractivity contribution is 5.66. The minimum Gasteiger partial charge on any atom is -0.429 e. The van der Waals surface area contributed by atoms with Gasteiger partial charge >= 0.3 is 24.6 Å². The Bertz CT molecular complexity index is 1540. The Labute approximate surface area is 252 Å². The van der Waals surface area contributed by atoms with Crippen molar-refractivity contribution in [3.63, 3.8) is 0 Å². The summed E-state index contributed by atoms with van der Waals surface area (Å²) >= 11 is 0. The molecule has 0 saturated carbocycles. The lowest BCUT2D eigenvalue weighted by molar-refractivity contribution is -0.432. The number of alkyl halides is 7. The second-order valence-electron chi connectivity index (χ2n) is 10.2. The van der Waals surface area contributed by atoms with Gasteiger partial charge in [0, 0.05) is 17.7 Å². The van der Waals surface area contributed by atoms with E-state index in [-0.39, 0.29) is 43.0 Å². The molecule has 0 aliphatic carbocycles. The molecule has 2 saturated heterocycles. The van der Waals surface area contributed by atoms with Crippen molar-refractivity contribution in [2.75, 3.05) is 19.8 Å². The van der Waals surface area contributed by atoms with Crippen molar-refractivity contribution in [2.24, 2.45) is 0 Å². The first-order valence-electron chi connectivity index (χ1n) is 13.3. The average molecular weight is 674 g/mol. The van der Waals surface area contributed by atoms with Crippen LogP contribution in [0.5, 0.6) is 5.75 Å². The van der Waals surface area contributed by atoms with E-state index in [2.05, 4.69) is 9.47 Å². The number of hydrogen-bond donors (Lipinski definition) is 0. The van der Waals surface area contributed by atoms with Gasteiger partial charge in [0.15, 0.2) is 0 Å². The molecule has 2 fully saturated rings. The number of halogens is 11. The van der Waals surface area contributed by atoms with Gasteiger partial charge in [-0.05, 0) is 36.2 Å². The first-order valence-corrected chi connectivity index (χ1v) is 13.3. The summed E-state index contributed by atoms with van der Waals surface area (Å²) in [6.45, 7) is 2.39. The fourth-order valence-corrected chi connectivity index (χ4v) is 4.75. The Morgan fingerprint density at radius 2 is 1.33 bits per heavy atom. The molecule has 6 nitrogen and oxygen atoms in total. The van der Waals surface area contributed by atoms with Crippen LogP contribution >= 0.6 is 0 Å². The van der Waals surface area contributed by atoms with E-state index in [0.717, 1.165) is 25.0 Å². The number of ether oxygens (including phenoxy) is 6. The minimum atomic E-state index is -6.00. The van der Waals surface area contributed by atoms with Crippen molar-refractivity contribution < 1.29 is 76.7 Å². The molecule has 0 unspecified atom stereocenters. The molecule has 250 valence electrons. The monoisotopic (exact) mass is 674 g/mol. The van der Waals surface area contributed by atoms with Crippen molar-refractivity contribution >= 4 is 0 Å². The zero-order valence-electron chi connectivity index (χ0n) is 23.3. The van der Waals surface area contributed by atoms with E-state index >= 15 is 0 Å². The number of hydrogen-bond acceptors (Lipinski definition) is 6. The normalized spacial score (nSPS) is 21.7. The van der Waals surface area contributed by atoms with Gasteiger partial charge in [0.2, 0.25) is 5.79 Å². The molecule has 5 rings (SSSR count). The predicted octanol–water partition coefficient (Wildman–Crippen LogP) is 8.32. The maximum absolute atomic E-state index is 15.0. The Balaban J connectivity index is 1.33. The highest BCUT2D eigenvalue weighted by atomic mass is 19.4. The number of benzene rings is 3. The summed E-state index contributed by atoms with van der Waals surface area (Å²) in [5.74, 6) is -12.1. The smallest absolute Gasteiger partial charge is 0.429 e. The summed E-state index contributed by atoms with van der Waals surface area (Å²) in [5.41, 5.74) is -5.45. The number of rotatable bonds is 11. The third-order valence-corrected chi connectivity index (χ3v) is 6.85. The standard InChI is InChI=1S/C29H21F11O6/c1-2-3-8-41-25-13-42-28(45-25,43-14-25)17-6-4-16(5-7-17)26(34,35)44-18-11-19(30)23(20(31)12-18)15-9-21(32)24(22(33)10-15)27(36,37)46-29(38,39)40/h4-7,9-12H,2-3,8,13-14H2,1H3. The molecule has 0 aromatic heterocycles. The van der Waals surface area contributed by atoms with Crippen LogP contribution in [0, 0.1) is 23.3 Å². The SMILES string of the molecule is CCCCOC12COC(c3ccc(C(F)(F)Oc4cc(F)c(-c5cc(F)c(C(F)(F)OC(F)(F)F)c(F)c5)c(F)c4)cc3)(OC1)O2. The van der Waals surface area contributed by atoms with Crippen LogP contribution in [0.2, 0.25) is 0 Å². The van der Waals surface area contributed by atoms with Gasteiger partial charge in [-0.2, -0.15) is 17.6 Å². The molecule has 0 atom stereocenters. The van der Waals surface area contributed by atoms with Crippen LogP contribution in [0.3, 0.4) is 0 Å². The van der Waals surface area contributed by atoms with Crippen molar-refractivity contribution in [3.8, 4) is 16.9 Å². The lowest BCUT2D eigenvalue weighted by atomic mass is 10.0. The summed E-state index contributed by atoms with van der Waals surface area (Å²) in [6, 6.07) is 4.44. The molecule has 0 radical (unpaired) electrons. The molecule has 17 heteroatoms. The van der Waals surface area contributed by atoms with Crippen LogP contribution < -0.4 is 4.74 Å². The van der Waals surface area contributed by atoms with Gasteiger partial charge in [-0.1, -0.05) is 25.5 Å². The van der Waals surface area contributed by atoms with Gasteiger partial charge in [0.25, 0.3) is 0 Å². The molecule has 3 aromatic carbocycles. The molecule has 2 bridgehead atoms. The molecule has 3 aromatic rings. The Kier molecular flexibility index (Phi) is 8.78. The van der Waals surface area contributed by atoms with Gasteiger partial charge in [0.05, 0.1) is 17.7 Å². The molecule has 0 amide bonds. The quantitative estimate of drug-likeness (QED) is 0.151. The molecule has 2 aliphatic heterocycles. The van der Waals surface area contributed by atoms with E-state index < -0.39 is 81.6 Å².